The van der Waals surface area contributed by atoms with Gasteiger partial charge in [-0.05, 0) is 71.9 Å². The van der Waals surface area contributed by atoms with Crippen LogP contribution in [0.4, 0.5) is 9.59 Å². The van der Waals surface area contributed by atoms with E-state index in [1.54, 1.807) is 7.05 Å². The molecule has 1 atom stereocenters. The lowest BCUT2D eigenvalue weighted by molar-refractivity contribution is 0.0298. The fraction of sp³-hybridized carbons (Fsp3) is 0.900. The summed E-state index contributed by atoms with van der Waals surface area (Å²) >= 11 is 0. The van der Waals surface area contributed by atoms with Crippen molar-refractivity contribution in [2.45, 2.75) is 65.4 Å². The van der Waals surface area contributed by atoms with Crippen molar-refractivity contribution in [2.75, 3.05) is 46.3 Å². The number of hydrogen-bond acceptors (Lipinski definition) is 4. The summed E-state index contributed by atoms with van der Waals surface area (Å²) in [5.41, 5.74) is -0.490. The number of likely N-dealkylation sites (tertiary alicyclic amines) is 1. The highest BCUT2D eigenvalue weighted by atomic mass is 16.6. The first kappa shape index (κ1) is 23.5. The van der Waals surface area contributed by atoms with Crippen LogP contribution in [0.1, 0.15) is 59.8 Å². The molecule has 3 amide bonds. The molecule has 1 aliphatic rings. The topological polar surface area (TPSA) is 73.9 Å². The molecule has 1 rings (SSSR count). The third-order valence-electron chi connectivity index (χ3n) is 4.59. The predicted octanol–water partition coefficient (Wildman–Crippen LogP) is 3.05. The number of amides is 3. The SMILES string of the molecule is C[C@@H]1CCCN(CCCCNC(=O)NCCCN(C)C(=O)OC(C)(C)C)C1. The van der Waals surface area contributed by atoms with Crippen LogP contribution in [0.5, 0.6) is 0 Å². The zero-order chi connectivity index (χ0) is 20.3. The molecule has 1 fully saturated rings. The number of carbonyl (C=O) groups excluding carboxylic acids is 2. The maximum atomic E-state index is 11.8. The van der Waals surface area contributed by atoms with E-state index in [2.05, 4.69) is 22.5 Å². The minimum absolute atomic E-state index is 0.137. The fourth-order valence-electron chi connectivity index (χ4n) is 3.16. The number of nitrogens with zero attached hydrogens (tertiary/aromatic N) is 2. The lowest BCUT2D eigenvalue weighted by Gasteiger charge is -2.30. The average Bonchev–Trinajstić information content (AvgIpc) is 2.56. The van der Waals surface area contributed by atoms with Gasteiger partial charge in [0.2, 0.25) is 0 Å². The fourth-order valence-corrected chi connectivity index (χ4v) is 3.16. The number of piperidine rings is 1. The van der Waals surface area contributed by atoms with E-state index in [9.17, 15) is 9.59 Å². The third kappa shape index (κ3) is 11.7. The van der Waals surface area contributed by atoms with Crippen LogP contribution in [0.25, 0.3) is 0 Å². The summed E-state index contributed by atoms with van der Waals surface area (Å²) in [5, 5.41) is 5.73. The maximum Gasteiger partial charge on any atom is 0.410 e. The van der Waals surface area contributed by atoms with Gasteiger partial charge < -0.3 is 25.2 Å². The van der Waals surface area contributed by atoms with Gasteiger partial charge in [0.05, 0.1) is 0 Å². The Morgan fingerprint density at radius 1 is 1.15 bits per heavy atom. The highest BCUT2D eigenvalue weighted by molar-refractivity contribution is 5.73. The lowest BCUT2D eigenvalue weighted by atomic mass is 10.0. The number of hydrogen-bond donors (Lipinski definition) is 2. The highest BCUT2D eigenvalue weighted by Gasteiger charge is 2.19. The molecule has 0 spiro atoms. The molecule has 0 radical (unpaired) electrons. The molecule has 0 aromatic rings. The van der Waals surface area contributed by atoms with Gasteiger partial charge in [-0.1, -0.05) is 6.92 Å². The monoisotopic (exact) mass is 384 g/mol. The van der Waals surface area contributed by atoms with E-state index in [0.29, 0.717) is 26.1 Å². The number of nitrogens with one attached hydrogen (secondary N) is 2. The summed E-state index contributed by atoms with van der Waals surface area (Å²) in [6.07, 6.45) is 5.13. The molecule has 1 aliphatic heterocycles. The average molecular weight is 385 g/mol. The summed E-state index contributed by atoms with van der Waals surface area (Å²) < 4.78 is 5.29. The predicted molar refractivity (Wildman–Crippen MR) is 109 cm³/mol. The van der Waals surface area contributed by atoms with Gasteiger partial charge in [-0.2, -0.15) is 0 Å². The van der Waals surface area contributed by atoms with Gasteiger partial charge in [0.25, 0.3) is 0 Å². The van der Waals surface area contributed by atoms with Crippen molar-refractivity contribution >= 4 is 12.1 Å². The smallest absolute Gasteiger partial charge is 0.410 e. The third-order valence-corrected chi connectivity index (χ3v) is 4.59. The molecule has 2 N–H and O–H groups in total. The van der Waals surface area contributed by atoms with E-state index >= 15 is 0 Å². The first-order valence-electron chi connectivity index (χ1n) is 10.4. The van der Waals surface area contributed by atoms with Gasteiger partial charge in [-0.25, -0.2) is 9.59 Å². The molecule has 0 unspecified atom stereocenters. The van der Waals surface area contributed by atoms with Crippen molar-refractivity contribution in [1.82, 2.24) is 20.4 Å². The Morgan fingerprint density at radius 3 is 2.44 bits per heavy atom. The molecule has 0 aromatic heterocycles. The maximum absolute atomic E-state index is 11.8. The van der Waals surface area contributed by atoms with Gasteiger partial charge in [-0.15, -0.1) is 0 Å². The van der Waals surface area contributed by atoms with Crippen LogP contribution in [0.2, 0.25) is 0 Å². The van der Waals surface area contributed by atoms with Gasteiger partial charge in [-0.3, -0.25) is 0 Å². The summed E-state index contributed by atoms with van der Waals surface area (Å²) in [7, 11) is 1.71. The molecular weight excluding hydrogens is 344 g/mol. The Hall–Kier alpha value is -1.50. The second-order valence-corrected chi connectivity index (χ2v) is 8.69. The molecule has 0 saturated carbocycles. The molecule has 0 aliphatic carbocycles. The Balaban J connectivity index is 1.98. The molecule has 27 heavy (non-hydrogen) atoms. The Morgan fingerprint density at radius 2 is 1.81 bits per heavy atom. The molecule has 158 valence electrons. The van der Waals surface area contributed by atoms with Crippen LogP contribution in [0.15, 0.2) is 0 Å². The molecular formula is C20H40N4O3. The largest absolute Gasteiger partial charge is 0.444 e. The zero-order valence-corrected chi connectivity index (χ0v) is 18.0. The minimum Gasteiger partial charge on any atom is -0.444 e. The van der Waals surface area contributed by atoms with Crippen molar-refractivity contribution in [1.29, 1.82) is 0 Å². The van der Waals surface area contributed by atoms with E-state index < -0.39 is 5.60 Å². The summed E-state index contributed by atoms with van der Waals surface area (Å²) in [4.78, 5) is 27.7. The van der Waals surface area contributed by atoms with Crippen LogP contribution >= 0.6 is 0 Å². The molecule has 0 aromatic carbocycles. The number of rotatable bonds is 9. The standard InChI is InChI=1S/C20H40N4O3/c1-17-10-8-15-24(16-17)14-7-6-11-21-18(25)22-12-9-13-23(5)19(26)27-20(2,3)4/h17H,6-16H2,1-5H3,(H2,21,22,25)/t17-/m1/s1. The van der Waals surface area contributed by atoms with E-state index in [0.717, 1.165) is 25.3 Å². The van der Waals surface area contributed by atoms with E-state index in [4.69, 9.17) is 4.74 Å². The van der Waals surface area contributed by atoms with Crippen molar-refractivity contribution in [3.05, 3.63) is 0 Å². The first-order chi connectivity index (χ1) is 12.7. The number of carbonyl (C=O) groups is 2. The summed E-state index contributed by atoms with van der Waals surface area (Å²) in [5.74, 6) is 0.817. The van der Waals surface area contributed by atoms with Crippen molar-refractivity contribution in [3.8, 4) is 0 Å². The van der Waals surface area contributed by atoms with Crippen LogP contribution in [0, 0.1) is 5.92 Å². The van der Waals surface area contributed by atoms with Crippen LogP contribution < -0.4 is 10.6 Å². The number of urea groups is 1. The highest BCUT2D eigenvalue weighted by Crippen LogP contribution is 2.15. The van der Waals surface area contributed by atoms with Crippen LogP contribution in [-0.4, -0.2) is 73.8 Å². The van der Waals surface area contributed by atoms with Crippen molar-refractivity contribution in [3.63, 3.8) is 0 Å². The van der Waals surface area contributed by atoms with E-state index in [1.165, 1.54) is 30.8 Å². The van der Waals surface area contributed by atoms with Crippen molar-refractivity contribution in [2.24, 2.45) is 5.92 Å². The quantitative estimate of drug-likeness (QED) is 0.599. The number of unbranched alkanes of at least 4 members (excludes halogenated alkanes) is 1. The van der Waals surface area contributed by atoms with Crippen LogP contribution in [0.3, 0.4) is 0 Å². The molecule has 7 nitrogen and oxygen atoms in total. The van der Waals surface area contributed by atoms with Crippen molar-refractivity contribution < 1.29 is 14.3 Å². The minimum atomic E-state index is -0.490. The zero-order valence-electron chi connectivity index (χ0n) is 18.0. The second kappa shape index (κ2) is 12.1. The van der Waals surface area contributed by atoms with Gasteiger partial charge >= 0.3 is 12.1 Å². The molecule has 0 bridgehead atoms. The summed E-state index contributed by atoms with van der Waals surface area (Å²) in [6.45, 7) is 13.2. The Bertz CT molecular complexity index is 451. The summed E-state index contributed by atoms with van der Waals surface area (Å²) in [6, 6.07) is -0.137. The van der Waals surface area contributed by atoms with Gasteiger partial charge in [0.1, 0.15) is 5.60 Å². The molecule has 7 heteroatoms. The van der Waals surface area contributed by atoms with Gasteiger partial charge in [0, 0.05) is 33.2 Å². The van der Waals surface area contributed by atoms with Crippen LogP contribution in [-0.2, 0) is 4.74 Å². The van der Waals surface area contributed by atoms with E-state index in [1.807, 2.05) is 20.8 Å². The molecule has 1 heterocycles. The van der Waals surface area contributed by atoms with Gasteiger partial charge in [0.15, 0.2) is 0 Å². The number of ether oxygens (including phenoxy) is 1. The second-order valence-electron chi connectivity index (χ2n) is 8.69. The lowest BCUT2D eigenvalue weighted by Crippen LogP contribution is -2.39. The Kier molecular flexibility index (Phi) is 10.5. The van der Waals surface area contributed by atoms with E-state index in [-0.39, 0.29) is 12.1 Å². The normalized spacial score (nSPS) is 18.0. The molecule has 1 saturated heterocycles. The first-order valence-corrected chi connectivity index (χ1v) is 10.4. The Labute approximate surface area is 165 Å².